The van der Waals surface area contributed by atoms with E-state index < -0.39 is 5.41 Å². The monoisotopic (exact) mass is 757 g/mol. The average Bonchev–Trinajstić information content (AvgIpc) is 3.58. The summed E-state index contributed by atoms with van der Waals surface area (Å²) < 4.78 is 0. The standard InChI is InChI=1S/C58H47N/c1-40-19-18-30-53-56(40)50-36-35-48(39-54(50)58(53,45-24-10-6-11-25-45)46-26-12-7-13-27-46)59(47-33-31-42(32-34-47)41-20-8-5-9-21-41)55-38-44-23-15-14-22-43(44)37-51(55)49-28-16-17-29-52(49)57(2,3)4/h5-39H,1-4H3. The van der Waals surface area contributed by atoms with Crippen molar-refractivity contribution in [3.05, 3.63) is 246 Å². The molecule has 0 N–H and O–H groups in total. The van der Waals surface area contributed by atoms with E-state index in [4.69, 9.17) is 0 Å². The second-order valence-corrected chi connectivity index (χ2v) is 17.0. The smallest absolute Gasteiger partial charge is 0.0714 e. The zero-order valence-electron chi connectivity index (χ0n) is 34.2. The minimum atomic E-state index is -0.525. The SMILES string of the molecule is Cc1cccc2c1-c1ccc(N(c3ccc(-c4ccccc4)cc3)c3cc4ccccc4cc3-c3ccccc3C(C)(C)C)cc1C2(c1ccccc1)c1ccccc1. The van der Waals surface area contributed by atoms with Gasteiger partial charge in [-0.15, -0.1) is 0 Å². The summed E-state index contributed by atoms with van der Waals surface area (Å²) in [6, 6.07) is 78.7. The molecule has 0 radical (unpaired) electrons. The van der Waals surface area contributed by atoms with Gasteiger partial charge in [0.1, 0.15) is 0 Å². The fraction of sp³-hybridized carbons (Fsp3) is 0.103. The number of aryl methyl sites for hydroxylation is 1. The summed E-state index contributed by atoms with van der Waals surface area (Å²) in [5.74, 6) is 0. The van der Waals surface area contributed by atoms with Gasteiger partial charge in [-0.2, -0.15) is 0 Å². The molecule has 0 amide bonds. The highest BCUT2D eigenvalue weighted by Crippen LogP contribution is 2.58. The van der Waals surface area contributed by atoms with Crippen LogP contribution in [0.4, 0.5) is 17.1 Å². The van der Waals surface area contributed by atoms with E-state index in [1.54, 1.807) is 0 Å². The molecule has 1 aliphatic carbocycles. The molecule has 0 unspecified atom stereocenters. The quantitative estimate of drug-likeness (QED) is 0.156. The van der Waals surface area contributed by atoms with Gasteiger partial charge in [0.05, 0.1) is 11.1 Å². The first kappa shape index (κ1) is 36.4. The molecule has 0 saturated carbocycles. The summed E-state index contributed by atoms with van der Waals surface area (Å²) in [5.41, 5.74) is 18.0. The lowest BCUT2D eigenvalue weighted by Gasteiger charge is -2.35. The normalized spacial score (nSPS) is 12.9. The van der Waals surface area contributed by atoms with E-state index in [0.717, 1.165) is 17.1 Å². The molecule has 9 aromatic rings. The molecular weight excluding hydrogens is 711 g/mol. The summed E-state index contributed by atoms with van der Waals surface area (Å²) in [5, 5.41) is 2.43. The molecule has 0 bridgehead atoms. The van der Waals surface area contributed by atoms with E-state index in [1.165, 1.54) is 77.5 Å². The molecule has 0 saturated heterocycles. The Morgan fingerprint density at radius 2 is 0.966 bits per heavy atom. The molecule has 1 heteroatoms. The maximum absolute atomic E-state index is 2.51. The van der Waals surface area contributed by atoms with Crippen molar-refractivity contribution in [2.24, 2.45) is 0 Å². The van der Waals surface area contributed by atoms with Crippen molar-refractivity contribution in [1.29, 1.82) is 0 Å². The lowest BCUT2D eigenvalue weighted by Crippen LogP contribution is -2.28. The molecule has 0 aliphatic heterocycles. The Morgan fingerprint density at radius 3 is 1.63 bits per heavy atom. The summed E-state index contributed by atoms with van der Waals surface area (Å²) in [6.45, 7) is 9.22. The van der Waals surface area contributed by atoms with Crippen LogP contribution in [0.3, 0.4) is 0 Å². The van der Waals surface area contributed by atoms with Crippen molar-refractivity contribution < 1.29 is 0 Å². The van der Waals surface area contributed by atoms with Crippen molar-refractivity contribution in [3.8, 4) is 33.4 Å². The van der Waals surface area contributed by atoms with E-state index in [2.05, 4.69) is 245 Å². The predicted molar refractivity (Wildman–Crippen MR) is 250 cm³/mol. The summed E-state index contributed by atoms with van der Waals surface area (Å²) >= 11 is 0. The molecule has 1 nitrogen and oxygen atoms in total. The summed E-state index contributed by atoms with van der Waals surface area (Å²) in [7, 11) is 0. The highest BCUT2D eigenvalue weighted by Gasteiger charge is 2.47. The molecule has 284 valence electrons. The number of benzene rings is 9. The van der Waals surface area contributed by atoms with Crippen molar-refractivity contribution >= 4 is 27.8 Å². The van der Waals surface area contributed by atoms with Crippen LogP contribution in [0.15, 0.2) is 212 Å². The lowest BCUT2D eigenvalue weighted by molar-refractivity contribution is 0.592. The number of nitrogens with zero attached hydrogens (tertiary/aromatic N) is 1. The van der Waals surface area contributed by atoms with Crippen molar-refractivity contribution in [2.45, 2.75) is 38.5 Å². The third-order valence-corrected chi connectivity index (χ3v) is 12.4. The molecule has 0 atom stereocenters. The van der Waals surface area contributed by atoms with Gasteiger partial charge in [0, 0.05) is 16.9 Å². The summed E-state index contributed by atoms with van der Waals surface area (Å²) in [4.78, 5) is 2.51. The second kappa shape index (κ2) is 14.5. The first-order valence-corrected chi connectivity index (χ1v) is 20.8. The number of fused-ring (bicyclic) bond motifs is 4. The van der Waals surface area contributed by atoms with Crippen LogP contribution in [0.5, 0.6) is 0 Å². The zero-order chi connectivity index (χ0) is 40.1. The maximum atomic E-state index is 2.51. The van der Waals surface area contributed by atoms with Crippen molar-refractivity contribution in [3.63, 3.8) is 0 Å². The van der Waals surface area contributed by atoms with Crippen LogP contribution in [0.25, 0.3) is 44.2 Å². The van der Waals surface area contributed by atoms with Gasteiger partial charge in [0.25, 0.3) is 0 Å². The van der Waals surface area contributed by atoms with E-state index in [1.807, 2.05) is 0 Å². The van der Waals surface area contributed by atoms with Crippen LogP contribution in [0.2, 0.25) is 0 Å². The molecular formula is C58H47N. The van der Waals surface area contributed by atoms with Crippen LogP contribution in [0, 0.1) is 6.92 Å². The van der Waals surface area contributed by atoms with Crippen LogP contribution < -0.4 is 4.90 Å². The lowest BCUT2D eigenvalue weighted by atomic mass is 9.67. The first-order valence-electron chi connectivity index (χ1n) is 20.8. The molecule has 0 spiro atoms. The third-order valence-electron chi connectivity index (χ3n) is 12.4. The average molecular weight is 758 g/mol. The predicted octanol–water partition coefficient (Wildman–Crippen LogP) is 15.6. The van der Waals surface area contributed by atoms with E-state index in [0.29, 0.717) is 0 Å². The van der Waals surface area contributed by atoms with Gasteiger partial charge in [-0.05, 0) is 121 Å². The highest BCUT2D eigenvalue weighted by molar-refractivity contribution is 6.00. The number of anilines is 3. The second-order valence-electron chi connectivity index (χ2n) is 17.0. The molecule has 59 heavy (non-hydrogen) atoms. The van der Waals surface area contributed by atoms with Crippen LogP contribution in [-0.2, 0) is 10.8 Å². The Bertz CT molecular complexity index is 2920. The van der Waals surface area contributed by atoms with Crippen LogP contribution in [-0.4, -0.2) is 0 Å². The Morgan fingerprint density at radius 1 is 0.407 bits per heavy atom. The summed E-state index contributed by atoms with van der Waals surface area (Å²) in [6.07, 6.45) is 0. The Kier molecular flexibility index (Phi) is 8.91. The first-order chi connectivity index (χ1) is 28.8. The number of rotatable bonds is 7. The minimum absolute atomic E-state index is 0.0656. The highest BCUT2D eigenvalue weighted by atomic mass is 15.1. The Labute approximate surface area is 348 Å². The van der Waals surface area contributed by atoms with Gasteiger partial charge in [0.2, 0.25) is 0 Å². The van der Waals surface area contributed by atoms with Gasteiger partial charge in [-0.25, -0.2) is 0 Å². The largest absolute Gasteiger partial charge is 0.310 e. The fourth-order valence-corrected chi connectivity index (χ4v) is 9.71. The Hall–Kier alpha value is -6.96. The van der Waals surface area contributed by atoms with E-state index in [-0.39, 0.29) is 5.41 Å². The van der Waals surface area contributed by atoms with Crippen LogP contribution >= 0.6 is 0 Å². The molecule has 0 fully saturated rings. The zero-order valence-corrected chi connectivity index (χ0v) is 34.2. The Balaban J connectivity index is 1.29. The molecule has 1 aliphatic rings. The van der Waals surface area contributed by atoms with Crippen molar-refractivity contribution in [2.75, 3.05) is 4.90 Å². The van der Waals surface area contributed by atoms with Gasteiger partial charge in [-0.3, -0.25) is 0 Å². The number of hydrogen-bond acceptors (Lipinski definition) is 1. The van der Waals surface area contributed by atoms with Gasteiger partial charge < -0.3 is 4.90 Å². The van der Waals surface area contributed by atoms with E-state index >= 15 is 0 Å². The number of hydrogen-bond donors (Lipinski definition) is 0. The topological polar surface area (TPSA) is 3.24 Å². The fourth-order valence-electron chi connectivity index (χ4n) is 9.71. The molecule has 10 rings (SSSR count). The van der Waals surface area contributed by atoms with Gasteiger partial charge in [-0.1, -0.05) is 197 Å². The van der Waals surface area contributed by atoms with Gasteiger partial charge >= 0.3 is 0 Å². The van der Waals surface area contributed by atoms with Crippen LogP contribution in [0.1, 0.15) is 54.2 Å². The third kappa shape index (κ3) is 6.08. The minimum Gasteiger partial charge on any atom is -0.310 e. The molecule has 0 aromatic heterocycles. The van der Waals surface area contributed by atoms with Crippen molar-refractivity contribution in [1.82, 2.24) is 0 Å². The molecule has 0 heterocycles. The maximum Gasteiger partial charge on any atom is 0.0714 e. The molecule has 9 aromatic carbocycles. The van der Waals surface area contributed by atoms with E-state index in [9.17, 15) is 0 Å². The van der Waals surface area contributed by atoms with Gasteiger partial charge in [0.15, 0.2) is 0 Å².